The van der Waals surface area contributed by atoms with Gasteiger partial charge in [0.25, 0.3) is 5.91 Å². The molecule has 37 heavy (non-hydrogen) atoms. The number of piperazine rings is 1. The van der Waals surface area contributed by atoms with E-state index >= 15 is 0 Å². The topological polar surface area (TPSA) is 93.4 Å². The Hall–Kier alpha value is -3.58. The van der Waals surface area contributed by atoms with E-state index in [4.69, 9.17) is 8.83 Å². The first-order chi connectivity index (χ1) is 17.8. The molecule has 0 atom stereocenters. The third-order valence-corrected chi connectivity index (χ3v) is 6.92. The molecule has 13 heteroatoms. The molecule has 0 N–H and O–H groups in total. The zero-order chi connectivity index (χ0) is 26.0. The van der Waals surface area contributed by atoms with Gasteiger partial charge in [-0.05, 0) is 36.9 Å². The lowest BCUT2D eigenvalue weighted by Crippen LogP contribution is -2.48. The first-order valence-electron chi connectivity index (χ1n) is 11.6. The van der Waals surface area contributed by atoms with E-state index in [2.05, 4.69) is 27.0 Å². The van der Waals surface area contributed by atoms with Crippen molar-refractivity contribution in [3.8, 4) is 17.3 Å². The molecule has 4 aromatic rings. The number of halogens is 3. The van der Waals surface area contributed by atoms with Crippen molar-refractivity contribution in [2.45, 2.75) is 24.0 Å². The molecule has 0 saturated carbocycles. The largest absolute Gasteiger partial charge is 0.461 e. The Morgan fingerprint density at radius 2 is 1.89 bits per heavy atom. The van der Waals surface area contributed by atoms with Crippen LogP contribution in [-0.4, -0.2) is 68.2 Å². The van der Waals surface area contributed by atoms with E-state index in [1.165, 1.54) is 41.0 Å². The average molecular weight is 533 g/mol. The van der Waals surface area contributed by atoms with Gasteiger partial charge in [0.05, 0.1) is 23.3 Å². The SMILES string of the molecule is CCN1CCN(C(=O)c2coc(CSc3nnc(-c4ccco4)n3-c3cccc(C(F)(F)F)c3)n2)CC1. The molecule has 0 unspecified atom stereocenters. The number of thioether (sulfide) groups is 1. The number of hydrogen-bond donors (Lipinski definition) is 0. The molecule has 194 valence electrons. The van der Waals surface area contributed by atoms with Crippen molar-refractivity contribution in [3.05, 3.63) is 66.1 Å². The summed E-state index contributed by atoms with van der Waals surface area (Å²) in [5.41, 5.74) is -0.352. The van der Waals surface area contributed by atoms with E-state index in [9.17, 15) is 18.0 Å². The van der Waals surface area contributed by atoms with Crippen molar-refractivity contribution in [3.63, 3.8) is 0 Å². The number of furan rings is 1. The number of nitrogens with zero attached hydrogens (tertiary/aromatic N) is 6. The average Bonchev–Trinajstić information content (AvgIpc) is 3.67. The summed E-state index contributed by atoms with van der Waals surface area (Å²) in [6.07, 6.45) is -1.73. The van der Waals surface area contributed by atoms with E-state index in [0.29, 0.717) is 29.9 Å². The Bertz CT molecular complexity index is 1360. The van der Waals surface area contributed by atoms with Gasteiger partial charge in [-0.1, -0.05) is 24.8 Å². The van der Waals surface area contributed by atoms with Crippen LogP contribution >= 0.6 is 11.8 Å². The lowest BCUT2D eigenvalue weighted by Gasteiger charge is -2.33. The first-order valence-corrected chi connectivity index (χ1v) is 12.6. The highest BCUT2D eigenvalue weighted by Gasteiger charge is 2.31. The summed E-state index contributed by atoms with van der Waals surface area (Å²) < 4.78 is 52.6. The minimum absolute atomic E-state index is 0.187. The Morgan fingerprint density at radius 1 is 1.08 bits per heavy atom. The maximum absolute atomic E-state index is 13.4. The smallest absolute Gasteiger partial charge is 0.416 e. The number of alkyl halides is 3. The highest BCUT2D eigenvalue weighted by atomic mass is 32.2. The summed E-state index contributed by atoms with van der Waals surface area (Å²) in [6, 6.07) is 8.19. The number of oxazole rings is 1. The Balaban J connectivity index is 1.36. The van der Waals surface area contributed by atoms with E-state index in [-0.39, 0.29) is 28.9 Å². The molecule has 3 aromatic heterocycles. The lowest BCUT2D eigenvalue weighted by atomic mass is 10.2. The fraction of sp³-hybridized carbons (Fsp3) is 0.333. The van der Waals surface area contributed by atoms with E-state index in [1.807, 2.05) is 0 Å². The summed E-state index contributed by atoms with van der Waals surface area (Å²) in [4.78, 5) is 21.2. The fourth-order valence-electron chi connectivity index (χ4n) is 4.01. The zero-order valence-corrected chi connectivity index (χ0v) is 20.6. The molecular weight excluding hydrogens is 509 g/mol. The molecule has 1 aliphatic heterocycles. The Morgan fingerprint density at radius 3 is 2.59 bits per heavy atom. The minimum atomic E-state index is -4.51. The molecule has 1 aliphatic rings. The highest BCUT2D eigenvalue weighted by Crippen LogP contribution is 2.34. The van der Waals surface area contributed by atoms with Gasteiger partial charge in [0.15, 0.2) is 16.6 Å². The molecule has 0 bridgehead atoms. The number of benzene rings is 1. The number of amides is 1. The van der Waals surface area contributed by atoms with Crippen LogP contribution in [0.1, 0.15) is 28.9 Å². The molecule has 0 aliphatic carbocycles. The van der Waals surface area contributed by atoms with Crippen LogP contribution < -0.4 is 0 Å². The minimum Gasteiger partial charge on any atom is -0.461 e. The molecule has 0 radical (unpaired) electrons. The summed E-state index contributed by atoms with van der Waals surface area (Å²) in [7, 11) is 0. The second kappa shape index (κ2) is 10.4. The second-order valence-electron chi connectivity index (χ2n) is 8.31. The molecule has 1 amide bonds. The summed E-state index contributed by atoms with van der Waals surface area (Å²) in [6.45, 7) is 5.90. The van der Waals surface area contributed by atoms with Gasteiger partial charge >= 0.3 is 6.18 Å². The third-order valence-electron chi connectivity index (χ3n) is 6.01. The summed E-state index contributed by atoms with van der Waals surface area (Å²) >= 11 is 1.17. The third kappa shape index (κ3) is 5.42. The van der Waals surface area contributed by atoms with Gasteiger partial charge in [-0.15, -0.1) is 10.2 Å². The zero-order valence-electron chi connectivity index (χ0n) is 19.8. The van der Waals surface area contributed by atoms with Crippen LogP contribution in [0.2, 0.25) is 0 Å². The van der Waals surface area contributed by atoms with Gasteiger partial charge in [-0.2, -0.15) is 13.2 Å². The molecule has 9 nitrogen and oxygen atoms in total. The van der Waals surface area contributed by atoms with Gasteiger partial charge in [0, 0.05) is 26.2 Å². The van der Waals surface area contributed by atoms with Crippen LogP contribution in [0, 0.1) is 0 Å². The second-order valence-corrected chi connectivity index (χ2v) is 9.25. The van der Waals surface area contributed by atoms with Crippen LogP contribution in [0.3, 0.4) is 0 Å². The van der Waals surface area contributed by atoms with Crippen molar-refractivity contribution in [1.82, 2.24) is 29.5 Å². The normalized spacial score (nSPS) is 14.9. The molecular formula is C24H23F3N6O3S. The van der Waals surface area contributed by atoms with E-state index < -0.39 is 11.7 Å². The van der Waals surface area contributed by atoms with Gasteiger partial charge in [-0.25, -0.2) is 4.98 Å². The maximum Gasteiger partial charge on any atom is 0.416 e. The number of hydrogen-bond acceptors (Lipinski definition) is 8. The number of likely N-dealkylation sites (N-methyl/N-ethyl adjacent to an activating group) is 1. The van der Waals surface area contributed by atoms with Crippen molar-refractivity contribution in [2.24, 2.45) is 0 Å². The first kappa shape index (κ1) is 25.1. The van der Waals surface area contributed by atoms with Crippen LogP contribution in [-0.2, 0) is 11.9 Å². The van der Waals surface area contributed by atoms with Crippen molar-refractivity contribution in [2.75, 3.05) is 32.7 Å². The quantitative estimate of drug-likeness (QED) is 0.319. The van der Waals surface area contributed by atoms with Crippen LogP contribution in [0.25, 0.3) is 17.3 Å². The number of rotatable bonds is 7. The number of carbonyl (C=O) groups excluding carboxylic acids is 1. The van der Waals surface area contributed by atoms with Crippen molar-refractivity contribution < 1.29 is 26.8 Å². The van der Waals surface area contributed by atoms with E-state index in [0.717, 1.165) is 31.8 Å². The molecule has 4 heterocycles. The Labute approximate surface area is 214 Å². The van der Waals surface area contributed by atoms with Gasteiger partial charge in [0.1, 0.15) is 6.26 Å². The highest BCUT2D eigenvalue weighted by molar-refractivity contribution is 7.98. The summed E-state index contributed by atoms with van der Waals surface area (Å²) in [5, 5.41) is 8.63. The lowest BCUT2D eigenvalue weighted by molar-refractivity contribution is -0.137. The predicted molar refractivity (Wildman–Crippen MR) is 128 cm³/mol. The van der Waals surface area contributed by atoms with Crippen LogP contribution in [0.15, 0.2) is 62.9 Å². The number of carbonyl (C=O) groups is 1. The van der Waals surface area contributed by atoms with Gasteiger partial charge < -0.3 is 18.6 Å². The molecule has 1 saturated heterocycles. The molecule has 0 spiro atoms. The van der Waals surface area contributed by atoms with Crippen LogP contribution in [0.5, 0.6) is 0 Å². The number of aromatic nitrogens is 4. The van der Waals surface area contributed by atoms with E-state index in [1.54, 1.807) is 17.0 Å². The molecule has 1 aromatic carbocycles. The Kier molecular flexibility index (Phi) is 7.07. The van der Waals surface area contributed by atoms with Crippen molar-refractivity contribution >= 4 is 17.7 Å². The van der Waals surface area contributed by atoms with Gasteiger partial charge in [-0.3, -0.25) is 9.36 Å². The standard InChI is InChI=1S/C24H23F3N6O3S/c1-2-31-8-10-32(11-9-31)22(34)18-14-36-20(28-18)15-37-23-30-29-21(19-7-4-12-35-19)33(23)17-6-3-5-16(13-17)24(25,26)27/h3-7,12-14H,2,8-11,15H2,1H3. The maximum atomic E-state index is 13.4. The molecule has 5 rings (SSSR count). The van der Waals surface area contributed by atoms with Crippen LogP contribution in [0.4, 0.5) is 13.2 Å². The monoisotopic (exact) mass is 532 g/mol. The van der Waals surface area contributed by atoms with Gasteiger partial charge in [0.2, 0.25) is 11.7 Å². The summed E-state index contributed by atoms with van der Waals surface area (Å²) in [5.74, 6) is 0.888. The predicted octanol–water partition coefficient (Wildman–Crippen LogP) is 4.60. The fourth-order valence-corrected chi connectivity index (χ4v) is 4.82. The molecule has 1 fully saturated rings. The van der Waals surface area contributed by atoms with Crippen molar-refractivity contribution in [1.29, 1.82) is 0 Å².